The molecule has 0 aromatic heterocycles. The number of ether oxygens (including phenoxy) is 1. The first-order valence-electron chi connectivity index (χ1n) is 10.1. The highest BCUT2D eigenvalue weighted by Gasteiger charge is 2.29. The summed E-state index contributed by atoms with van der Waals surface area (Å²) >= 11 is 0. The van der Waals surface area contributed by atoms with Crippen LogP contribution in [0.4, 0.5) is 0 Å². The van der Waals surface area contributed by atoms with Gasteiger partial charge in [-0.1, -0.05) is 31.2 Å². The monoisotopic (exact) mass is 431 g/mol. The smallest absolute Gasteiger partial charge is 0.243 e. The average molecular weight is 432 g/mol. The molecule has 0 atom stereocenters. The molecule has 1 saturated heterocycles. The molecule has 0 spiro atoms. The molecule has 1 amide bonds. The minimum atomic E-state index is -3.86. The fourth-order valence-corrected chi connectivity index (χ4v) is 4.75. The molecule has 1 aliphatic heterocycles. The number of aryl methyl sites for hydroxylation is 1. The molecule has 7 nitrogen and oxygen atoms in total. The molecule has 30 heavy (non-hydrogen) atoms. The molecule has 0 saturated carbocycles. The number of carbonyl (C=O) groups excluding carboxylic acids is 1. The highest BCUT2D eigenvalue weighted by molar-refractivity contribution is 7.89. The number of hydrogen-bond donors (Lipinski definition) is 1. The van der Waals surface area contributed by atoms with Crippen LogP contribution in [0.2, 0.25) is 0 Å². The van der Waals surface area contributed by atoms with E-state index in [0.717, 1.165) is 25.1 Å². The summed E-state index contributed by atoms with van der Waals surface area (Å²) in [7, 11) is -2.33. The summed E-state index contributed by atoms with van der Waals surface area (Å²) in [6, 6.07) is 14.1. The Kier molecular flexibility index (Phi) is 7.47. The molecule has 1 aliphatic rings. The largest absolute Gasteiger partial charge is 0.497 e. The van der Waals surface area contributed by atoms with Crippen LogP contribution in [0.5, 0.6) is 5.75 Å². The Labute approximate surface area is 178 Å². The van der Waals surface area contributed by atoms with Gasteiger partial charge >= 0.3 is 0 Å². The number of piperazine rings is 1. The molecule has 1 heterocycles. The summed E-state index contributed by atoms with van der Waals surface area (Å²) < 4.78 is 33.2. The maximum absolute atomic E-state index is 13.4. The lowest BCUT2D eigenvalue weighted by Gasteiger charge is -2.30. The van der Waals surface area contributed by atoms with E-state index >= 15 is 0 Å². The van der Waals surface area contributed by atoms with Gasteiger partial charge in [0.2, 0.25) is 15.9 Å². The number of sulfonamides is 1. The Balaban J connectivity index is 1.86. The second-order valence-corrected chi connectivity index (χ2v) is 9.19. The van der Waals surface area contributed by atoms with Gasteiger partial charge in [-0.25, -0.2) is 8.42 Å². The van der Waals surface area contributed by atoms with E-state index in [9.17, 15) is 13.2 Å². The lowest BCUT2D eigenvalue weighted by Crippen LogP contribution is -2.50. The highest BCUT2D eigenvalue weighted by Crippen LogP contribution is 2.22. The summed E-state index contributed by atoms with van der Waals surface area (Å²) in [5.41, 5.74) is 2.03. The molecular formula is C22H29N3O4S. The summed E-state index contributed by atoms with van der Waals surface area (Å²) in [5, 5.41) is 3.20. The van der Waals surface area contributed by atoms with Crippen LogP contribution in [0.3, 0.4) is 0 Å². The summed E-state index contributed by atoms with van der Waals surface area (Å²) in [6.45, 7) is 4.62. The fraction of sp³-hybridized carbons (Fsp3) is 0.409. The van der Waals surface area contributed by atoms with Gasteiger partial charge in [-0.05, 0) is 41.8 Å². The second kappa shape index (κ2) is 10.1. The van der Waals surface area contributed by atoms with Crippen molar-refractivity contribution in [3.05, 3.63) is 59.7 Å². The molecule has 8 heteroatoms. The van der Waals surface area contributed by atoms with Crippen molar-refractivity contribution >= 4 is 15.9 Å². The van der Waals surface area contributed by atoms with Crippen molar-refractivity contribution in [2.24, 2.45) is 0 Å². The predicted octanol–water partition coefficient (Wildman–Crippen LogP) is 1.88. The van der Waals surface area contributed by atoms with Gasteiger partial charge in [0.25, 0.3) is 0 Å². The van der Waals surface area contributed by atoms with Crippen LogP contribution in [-0.4, -0.2) is 63.4 Å². The molecule has 2 aromatic rings. The topological polar surface area (TPSA) is 79.0 Å². The van der Waals surface area contributed by atoms with Gasteiger partial charge in [0, 0.05) is 32.7 Å². The number of carbonyl (C=O) groups is 1. The number of amides is 1. The molecule has 0 unspecified atom stereocenters. The zero-order valence-corrected chi connectivity index (χ0v) is 18.3. The molecule has 1 fully saturated rings. The van der Waals surface area contributed by atoms with Crippen molar-refractivity contribution in [3.63, 3.8) is 0 Å². The van der Waals surface area contributed by atoms with Gasteiger partial charge < -0.3 is 15.0 Å². The Morgan fingerprint density at radius 2 is 1.63 bits per heavy atom. The Morgan fingerprint density at radius 1 is 1.03 bits per heavy atom. The third-order valence-electron chi connectivity index (χ3n) is 5.27. The van der Waals surface area contributed by atoms with Crippen molar-refractivity contribution < 1.29 is 17.9 Å². The average Bonchev–Trinajstić information content (AvgIpc) is 2.79. The predicted molar refractivity (Wildman–Crippen MR) is 116 cm³/mol. The normalized spacial score (nSPS) is 14.7. The van der Waals surface area contributed by atoms with E-state index < -0.39 is 10.0 Å². The van der Waals surface area contributed by atoms with Crippen LogP contribution in [0.25, 0.3) is 0 Å². The van der Waals surface area contributed by atoms with Gasteiger partial charge in [-0.3, -0.25) is 4.79 Å². The van der Waals surface area contributed by atoms with Crippen molar-refractivity contribution in [1.29, 1.82) is 0 Å². The molecule has 162 valence electrons. The quantitative estimate of drug-likeness (QED) is 0.691. The van der Waals surface area contributed by atoms with Gasteiger partial charge in [0.05, 0.1) is 18.6 Å². The fourth-order valence-electron chi connectivity index (χ4n) is 3.37. The van der Waals surface area contributed by atoms with Crippen molar-refractivity contribution in [3.8, 4) is 5.75 Å². The zero-order valence-electron chi connectivity index (χ0n) is 17.5. The van der Waals surface area contributed by atoms with Crippen LogP contribution >= 0.6 is 0 Å². The van der Waals surface area contributed by atoms with Gasteiger partial charge in [0.15, 0.2) is 0 Å². The first-order valence-corrected chi connectivity index (χ1v) is 11.6. The van der Waals surface area contributed by atoms with Crippen LogP contribution in [-0.2, 0) is 27.8 Å². The van der Waals surface area contributed by atoms with Crippen LogP contribution < -0.4 is 10.1 Å². The van der Waals surface area contributed by atoms with E-state index in [4.69, 9.17) is 4.74 Å². The van der Waals surface area contributed by atoms with Crippen molar-refractivity contribution in [2.45, 2.75) is 24.8 Å². The third-order valence-corrected chi connectivity index (χ3v) is 7.07. The SMILES string of the molecule is CCc1ccc(CN(CC(=O)N2CCNCC2)S(=O)(=O)c2ccc(OC)cc2)cc1. The molecule has 1 N–H and O–H groups in total. The summed E-state index contributed by atoms with van der Waals surface area (Å²) in [4.78, 5) is 14.7. The van der Waals surface area contributed by atoms with E-state index in [1.165, 1.54) is 29.1 Å². The van der Waals surface area contributed by atoms with E-state index in [1.54, 1.807) is 17.0 Å². The van der Waals surface area contributed by atoms with Gasteiger partial charge in [0.1, 0.15) is 5.75 Å². The van der Waals surface area contributed by atoms with Crippen molar-refractivity contribution in [2.75, 3.05) is 39.8 Å². The van der Waals surface area contributed by atoms with Crippen LogP contribution in [0.15, 0.2) is 53.4 Å². The molecule has 0 bridgehead atoms. The minimum Gasteiger partial charge on any atom is -0.497 e. The van der Waals surface area contributed by atoms with E-state index in [2.05, 4.69) is 12.2 Å². The number of nitrogens with one attached hydrogen (secondary N) is 1. The van der Waals surface area contributed by atoms with E-state index in [1.807, 2.05) is 24.3 Å². The lowest BCUT2D eigenvalue weighted by atomic mass is 10.1. The Morgan fingerprint density at radius 3 is 2.20 bits per heavy atom. The molecule has 0 radical (unpaired) electrons. The summed E-state index contributed by atoms with van der Waals surface area (Å²) in [6.07, 6.45) is 0.912. The first-order chi connectivity index (χ1) is 14.4. The standard InChI is InChI=1S/C22H29N3O4S/c1-3-18-4-6-19(7-5-18)16-25(17-22(26)24-14-12-23-13-15-24)30(27,28)21-10-8-20(29-2)9-11-21/h4-11,23H,3,12-17H2,1-2H3. The molecule has 3 rings (SSSR count). The van der Waals surface area contributed by atoms with Crippen LogP contribution in [0.1, 0.15) is 18.1 Å². The first kappa shape index (κ1) is 22.3. The van der Waals surface area contributed by atoms with Gasteiger partial charge in [-0.15, -0.1) is 0 Å². The number of nitrogens with zero attached hydrogens (tertiary/aromatic N) is 2. The molecule has 2 aromatic carbocycles. The highest BCUT2D eigenvalue weighted by atomic mass is 32.2. The minimum absolute atomic E-state index is 0.135. The number of benzene rings is 2. The second-order valence-electron chi connectivity index (χ2n) is 7.25. The maximum atomic E-state index is 13.4. The number of rotatable bonds is 8. The van der Waals surface area contributed by atoms with Crippen molar-refractivity contribution in [1.82, 2.24) is 14.5 Å². The lowest BCUT2D eigenvalue weighted by molar-refractivity contribution is -0.132. The Hall–Kier alpha value is -2.42. The van der Waals surface area contributed by atoms with Gasteiger partial charge in [-0.2, -0.15) is 4.31 Å². The molecule has 0 aliphatic carbocycles. The van der Waals surface area contributed by atoms with E-state index in [0.29, 0.717) is 18.8 Å². The Bertz CT molecular complexity index is 937. The third kappa shape index (κ3) is 5.38. The zero-order chi connectivity index (χ0) is 21.6. The number of methoxy groups -OCH3 is 1. The number of hydrogen-bond acceptors (Lipinski definition) is 5. The summed E-state index contributed by atoms with van der Waals surface area (Å²) in [5.74, 6) is 0.395. The maximum Gasteiger partial charge on any atom is 0.243 e. The van der Waals surface area contributed by atoms with Crippen LogP contribution in [0, 0.1) is 0 Å². The van der Waals surface area contributed by atoms with E-state index in [-0.39, 0.29) is 23.9 Å². The molecular weight excluding hydrogens is 402 g/mol.